The highest BCUT2D eigenvalue weighted by molar-refractivity contribution is 6.06. The molecule has 2 fully saturated rings. The maximum absolute atomic E-state index is 12.4. The highest BCUT2D eigenvalue weighted by Crippen LogP contribution is 2.61. The van der Waals surface area contributed by atoms with E-state index < -0.39 is 0 Å². The van der Waals surface area contributed by atoms with Gasteiger partial charge in [-0.3, -0.25) is 4.79 Å². The first-order chi connectivity index (χ1) is 10.5. The molecule has 0 aromatic heterocycles. The minimum Gasteiger partial charge on any atom is -0.323 e. The zero-order chi connectivity index (χ0) is 15.5. The molecule has 5 atom stereocenters. The highest BCUT2D eigenvalue weighted by atomic mass is 16.1. The molecule has 0 bridgehead atoms. The van der Waals surface area contributed by atoms with E-state index in [1.165, 1.54) is 5.57 Å². The molecule has 2 saturated carbocycles. The standard InChI is InChI=1S/C19H24N2O/c1-18-9-7-13(21-20)11-12(18)3-4-14-15-5-6-17(22)19(15,2)10-8-16(14)18/h3-4,7,9,11,14-16H,5-6,8,10,20H2,1-2H3/b21-13+/t14-,15-,16-,18-,19-/m0/s1. The SMILES string of the molecule is C[C@]12C=C/C(=N\N)C=C1C=C[C@@H]1[C@@H]2CC[C@]2(C)C(=O)CC[C@@H]12. The molecule has 0 radical (unpaired) electrons. The van der Waals surface area contributed by atoms with Crippen LogP contribution < -0.4 is 5.84 Å². The molecular formula is C19H24N2O. The molecule has 4 rings (SSSR count). The number of carbonyl (C=O) groups is 1. The van der Waals surface area contributed by atoms with Crippen molar-refractivity contribution >= 4 is 11.5 Å². The number of nitrogens with zero attached hydrogens (tertiary/aromatic N) is 1. The normalized spacial score (nSPS) is 47.9. The first kappa shape index (κ1) is 14.0. The topological polar surface area (TPSA) is 55.4 Å². The average molecular weight is 296 g/mol. The van der Waals surface area contributed by atoms with Crippen molar-refractivity contribution in [1.82, 2.24) is 0 Å². The first-order valence-corrected chi connectivity index (χ1v) is 8.40. The number of ketones is 1. The van der Waals surface area contributed by atoms with Crippen molar-refractivity contribution in [3.05, 3.63) is 36.0 Å². The van der Waals surface area contributed by atoms with Crippen LogP contribution in [0.5, 0.6) is 0 Å². The van der Waals surface area contributed by atoms with E-state index in [4.69, 9.17) is 5.84 Å². The van der Waals surface area contributed by atoms with Gasteiger partial charge in [-0.15, -0.1) is 0 Å². The second-order valence-corrected chi connectivity index (χ2v) is 7.84. The van der Waals surface area contributed by atoms with E-state index in [1.54, 1.807) is 0 Å². The Kier molecular flexibility index (Phi) is 2.82. The number of fused-ring (bicyclic) bond motifs is 5. The number of hydrogen-bond donors (Lipinski definition) is 1. The maximum atomic E-state index is 12.4. The zero-order valence-corrected chi connectivity index (χ0v) is 13.4. The van der Waals surface area contributed by atoms with Gasteiger partial charge < -0.3 is 5.84 Å². The summed E-state index contributed by atoms with van der Waals surface area (Å²) in [5.74, 6) is 7.55. The number of hydrogen-bond acceptors (Lipinski definition) is 3. The predicted octanol–water partition coefficient (Wildman–Crippen LogP) is 3.39. The summed E-state index contributed by atoms with van der Waals surface area (Å²) in [7, 11) is 0. The number of rotatable bonds is 0. The molecule has 0 spiro atoms. The molecule has 0 aromatic rings. The Hall–Kier alpha value is -1.64. The largest absolute Gasteiger partial charge is 0.323 e. The second kappa shape index (κ2) is 4.43. The van der Waals surface area contributed by atoms with E-state index in [0.29, 0.717) is 23.5 Å². The van der Waals surface area contributed by atoms with Crippen LogP contribution in [0.2, 0.25) is 0 Å². The summed E-state index contributed by atoms with van der Waals surface area (Å²) in [4.78, 5) is 12.4. The lowest BCUT2D eigenvalue weighted by molar-refractivity contribution is -0.130. The summed E-state index contributed by atoms with van der Waals surface area (Å²) in [5.41, 5.74) is 2.13. The molecule has 0 aliphatic heterocycles. The van der Waals surface area contributed by atoms with Crippen LogP contribution in [0, 0.1) is 28.6 Å². The molecule has 4 aliphatic carbocycles. The molecule has 0 heterocycles. The fraction of sp³-hybridized carbons (Fsp3) is 0.579. The predicted molar refractivity (Wildman–Crippen MR) is 88.1 cm³/mol. The summed E-state index contributed by atoms with van der Waals surface area (Å²) in [6.07, 6.45) is 15.1. The Morgan fingerprint density at radius 3 is 2.82 bits per heavy atom. The van der Waals surface area contributed by atoms with Crippen molar-refractivity contribution in [3.8, 4) is 0 Å². The second-order valence-electron chi connectivity index (χ2n) is 7.84. The number of Topliss-reactive ketones (excluding diaryl/α,β-unsaturated/α-hetero) is 1. The quantitative estimate of drug-likeness (QED) is 0.550. The van der Waals surface area contributed by atoms with Gasteiger partial charge in [0.2, 0.25) is 0 Å². The molecule has 116 valence electrons. The van der Waals surface area contributed by atoms with Gasteiger partial charge in [-0.05, 0) is 54.7 Å². The summed E-state index contributed by atoms with van der Waals surface area (Å²) in [6, 6.07) is 0. The van der Waals surface area contributed by atoms with Crippen LogP contribution >= 0.6 is 0 Å². The van der Waals surface area contributed by atoms with Crippen LogP contribution in [0.15, 0.2) is 41.1 Å². The summed E-state index contributed by atoms with van der Waals surface area (Å²) >= 11 is 0. The smallest absolute Gasteiger partial charge is 0.139 e. The Morgan fingerprint density at radius 1 is 1.23 bits per heavy atom. The van der Waals surface area contributed by atoms with Gasteiger partial charge in [0.15, 0.2) is 0 Å². The van der Waals surface area contributed by atoms with E-state index >= 15 is 0 Å². The van der Waals surface area contributed by atoms with Crippen molar-refractivity contribution in [2.45, 2.75) is 39.5 Å². The van der Waals surface area contributed by atoms with Crippen LogP contribution in [0.25, 0.3) is 0 Å². The minimum atomic E-state index is -0.0780. The first-order valence-electron chi connectivity index (χ1n) is 8.40. The third-order valence-corrected chi connectivity index (χ3v) is 6.98. The van der Waals surface area contributed by atoms with E-state index in [2.05, 4.69) is 43.3 Å². The third kappa shape index (κ3) is 1.62. The van der Waals surface area contributed by atoms with Crippen LogP contribution in [0.1, 0.15) is 39.5 Å². The van der Waals surface area contributed by atoms with Crippen molar-refractivity contribution in [3.63, 3.8) is 0 Å². The molecule has 4 aliphatic rings. The fourth-order valence-electron chi connectivity index (χ4n) is 5.51. The highest BCUT2D eigenvalue weighted by Gasteiger charge is 2.57. The van der Waals surface area contributed by atoms with Gasteiger partial charge in [0.1, 0.15) is 5.78 Å². The monoisotopic (exact) mass is 296 g/mol. The van der Waals surface area contributed by atoms with Gasteiger partial charge in [0, 0.05) is 17.3 Å². The molecule has 0 unspecified atom stereocenters. The van der Waals surface area contributed by atoms with E-state index in [9.17, 15) is 4.79 Å². The Morgan fingerprint density at radius 2 is 2.05 bits per heavy atom. The Balaban J connectivity index is 1.77. The van der Waals surface area contributed by atoms with Crippen molar-refractivity contribution in [2.75, 3.05) is 0 Å². The van der Waals surface area contributed by atoms with Gasteiger partial charge in [-0.25, -0.2) is 0 Å². The Labute approximate surface area is 132 Å². The Bertz CT molecular complexity index is 656. The summed E-state index contributed by atoms with van der Waals surface area (Å²) in [5, 5.41) is 3.82. The molecule has 3 heteroatoms. The van der Waals surface area contributed by atoms with Crippen LogP contribution in [0.3, 0.4) is 0 Å². The third-order valence-electron chi connectivity index (χ3n) is 6.98. The molecule has 22 heavy (non-hydrogen) atoms. The molecule has 0 aromatic carbocycles. The van der Waals surface area contributed by atoms with E-state index in [0.717, 1.165) is 31.4 Å². The average Bonchev–Trinajstić information content (AvgIpc) is 2.82. The van der Waals surface area contributed by atoms with Gasteiger partial charge in [-0.1, -0.05) is 32.1 Å². The zero-order valence-electron chi connectivity index (χ0n) is 13.4. The number of hydrazone groups is 1. The maximum Gasteiger partial charge on any atom is 0.139 e. The molecular weight excluding hydrogens is 272 g/mol. The van der Waals surface area contributed by atoms with Crippen LogP contribution in [-0.2, 0) is 4.79 Å². The fourth-order valence-corrected chi connectivity index (χ4v) is 5.51. The van der Waals surface area contributed by atoms with Crippen molar-refractivity contribution < 1.29 is 4.79 Å². The van der Waals surface area contributed by atoms with Crippen molar-refractivity contribution in [1.29, 1.82) is 0 Å². The van der Waals surface area contributed by atoms with Crippen LogP contribution in [-0.4, -0.2) is 11.5 Å². The van der Waals surface area contributed by atoms with E-state index in [-0.39, 0.29) is 10.8 Å². The number of carbonyl (C=O) groups excluding carboxylic acids is 1. The lowest BCUT2D eigenvalue weighted by atomic mass is 9.50. The minimum absolute atomic E-state index is 0.0561. The summed E-state index contributed by atoms with van der Waals surface area (Å²) in [6.45, 7) is 4.55. The van der Waals surface area contributed by atoms with Gasteiger partial charge in [0.25, 0.3) is 0 Å². The van der Waals surface area contributed by atoms with Gasteiger partial charge >= 0.3 is 0 Å². The van der Waals surface area contributed by atoms with Gasteiger partial charge in [-0.2, -0.15) is 5.10 Å². The lowest BCUT2D eigenvalue weighted by Crippen LogP contribution is -2.48. The molecule has 0 saturated heterocycles. The lowest BCUT2D eigenvalue weighted by Gasteiger charge is -2.53. The molecule has 0 amide bonds. The van der Waals surface area contributed by atoms with Gasteiger partial charge in [0.05, 0.1) is 5.71 Å². The van der Waals surface area contributed by atoms with Crippen molar-refractivity contribution in [2.24, 2.45) is 39.5 Å². The number of nitrogens with two attached hydrogens (primary N) is 1. The molecule has 2 N–H and O–H groups in total. The van der Waals surface area contributed by atoms with Crippen LogP contribution in [0.4, 0.5) is 0 Å². The summed E-state index contributed by atoms with van der Waals surface area (Å²) < 4.78 is 0. The van der Waals surface area contributed by atoms with E-state index in [1.807, 2.05) is 6.08 Å². The number of allylic oxidation sites excluding steroid dienone is 6. The molecule has 3 nitrogen and oxygen atoms in total.